The van der Waals surface area contributed by atoms with E-state index >= 15 is 0 Å². The van der Waals surface area contributed by atoms with Crippen LogP contribution in [0.5, 0.6) is 11.5 Å². The van der Waals surface area contributed by atoms with Gasteiger partial charge in [-0.1, -0.05) is 6.07 Å². The summed E-state index contributed by atoms with van der Waals surface area (Å²) in [6.45, 7) is 1.74. The molecular formula is C17H22N2O6. The minimum absolute atomic E-state index is 0.187. The van der Waals surface area contributed by atoms with Crippen molar-refractivity contribution in [2.75, 3.05) is 14.2 Å². The van der Waals surface area contributed by atoms with Crippen LogP contribution in [0.2, 0.25) is 0 Å². The van der Waals surface area contributed by atoms with Crippen molar-refractivity contribution < 1.29 is 28.6 Å². The van der Waals surface area contributed by atoms with E-state index in [4.69, 9.17) is 14.2 Å². The molecular weight excluding hydrogens is 328 g/mol. The molecule has 1 aliphatic rings. The van der Waals surface area contributed by atoms with Crippen LogP contribution in [0.15, 0.2) is 18.2 Å². The van der Waals surface area contributed by atoms with Crippen molar-refractivity contribution >= 4 is 17.8 Å². The van der Waals surface area contributed by atoms with Gasteiger partial charge in [0.05, 0.1) is 14.2 Å². The lowest BCUT2D eigenvalue weighted by Crippen LogP contribution is -2.41. The first-order valence-electron chi connectivity index (χ1n) is 7.93. The first kappa shape index (κ1) is 18.6. The first-order valence-corrected chi connectivity index (χ1v) is 7.93. The highest BCUT2D eigenvalue weighted by molar-refractivity contribution is 5.90. The summed E-state index contributed by atoms with van der Waals surface area (Å²) in [6, 6.07) is 4.62. The highest BCUT2D eigenvalue weighted by atomic mass is 16.5. The maximum atomic E-state index is 12.1. The average molecular weight is 350 g/mol. The van der Waals surface area contributed by atoms with Gasteiger partial charge in [0, 0.05) is 13.0 Å². The SMILES string of the molecule is COc1ccc(CNC(=O)[C@H](C)OC(=O)[C@@H]2CCC(=O)N2)cc1OC. The maximum absolute atomic E-state index is 12.1. The van der Waals surface area contributed by atoms with E-state index in [1.165, 1.54) is 14.0 Å². The molecule has 2 atom stereocenters. The summed E-state index contributed by atoms with van der Waals surface area (Å²) < 4.78 is 15.5. The summed E-state index contributed by atoms with van der Waals surface area (Å²) in [4.78, 5) is 35.1. The maximum Gasteiger partial charge on any atom is 0.329 e. The third kappa shape index (κ3) is 4.85. The molecule has 8 nitrogen and oxygen atoms in total. The predicted octanol–water partition coefficient (Wildman–Crippen LogP) is 0.530. The van der Waals surface area contributed by atoms with Gasteiger partial charge in [-0.25, -0.2) is 4.79 Å². The van der Waals surface area contributed by atoms with E-state index < -0.39 is 24.0 Å². The lowest BCUT2D eigenvalue weighted by Gasteiger charge is -2.16. The van der Waals surface area contributed by atoms with Crippen molar-refractivity contribution in [2.24, 2.45) is 0 Å². The van der Waals surface area contributed by atoms with Crippen LogP contribution < -0.4 is 20.1 Å². The predicted molar refractivity (Wildman–Crippen MR) is 88.1 cm³/mol. The van der Waals surface area contributed by atoms with Crippen LogP contribution in [-0.4, -0.2) is 44.1 Å². The van der Waals surface area contributed by atoms with Gasteiger partial charge in [-0.3, -0.25) is 9.59 Å². The summed E-state index contributed by atoms with van der Waals surface area (Å²) in [5.74, 6) is -0.0521. The second-order valence-electron chi connectivity index (χ2n) is 5.65. The lowest BCUT2D eigenvalue weighted by atomic mass is 10.2. The summed E-state index contributed by atoms with van der Waals surface area (Å²) in [7, 11) is 3.08. The Morgan fingerprint density at radius 2 is 2.00 bits per heavy atom. The van der Waals surface area contributed by atoms with Crippen LogP contribution in [0.25, 0.3) is 0 Å². The van der Waals surface area contributed by atoms with Crippen LogP contribution in [0.1, 0.15) is 25.3 Å². The Balaban J connectivity index is 1.85. The topological polar surface area (TPSA) is 103 Å². The highest BCUT2D eigenvalue weighted by Gasteiger charge is 2.30. The van der Waals surface area contributed by atoms with Crippen molar-refractivity contribution in [2.45, 2.75) is 38.5 Å². The minimum atomic E-state index is -0.954. The van der Waals surface area contributed by atoms with Crippen molar-refractivity contribution in [3.8, 4) is 11.5 Å². The zero-order chi connectivity index (χ0) is 18.4. The Morgan fingerprint density at radius 3 is 2.60 bits per heavy atom. The van der Waals surface area contributed by atoms with E-state index in [0.29, 0.717) is 24.3 Å². The smallest absolute Gasteiger partial charge is 0.329 e. The molecule has 2 rings (SSSR count). The van der Waals surface area contributed by atoms with Crippen LogP contribution >= 0.6 is 0 Å². The molecule has 0 bridgehead atoms. The van der Waals surface area contributed by atoms with Gasteiger partial charge < -0.3 is 24.8 Å². The van der Waals surface area contributed by atoms with Gasteiger partial charge in [0.1, 0.15) is 6.04 Å². The van der Waals surface area contributed by atoms with Gasteiger partial charge in [-0.15, -0.1) is 0 Å². The van der Waals surface area contributed by atoms with E-state index in [-0.39, 0.29) is 12.5 Å². The molecule has 25 heavy (non-hydrogen) atoms. The Bertz CT molecular complexity index is 661. The molecule has 8 heteroatoms. The molecule has 1 aromatic carbocycles. The fourth-order valence-corrected chi connectivity index (χ4v) is 2.42. The Hall–Kier alpha value is -2.77. The quantitative estimate of drug-likeness (QED) is 0.696. The molecule has 1 saturated heterocycles. The van der Waals surface area contributed by atoms with Gasteiger partial charge in [-0.05, 0) is 31.0 Å². The molecule has 1 heterocycles. The lowest BCUT2D eigenvalue weighted by molar-refractivity contribution is -0.156. The zero-order valence-electron chi connectivity index (χ0n) is 14.5. The molecule has 0 aromatic heterocycles. The molecule has 1 fully saturated rings. The second kappa shape index (κ2) is 8.36. The van der Waals surface area contributed by atoms with Crippen LogP contribution in [0, 0.1) is 0 Å². The Kier molecular flexibility index (Phi) is 6.21. The molecule has 0 radical (unpaired) electrons. The molecule has 2 amide bonds. The number of hydrogen-bond donors (Lipinski definition) is 2. The number of hydrogen-bond acceptors (Lipinski definition) is 6. The Morgan fingerprint density at radius 1 is 1.28 bits per heavy atom. The fourth-order valence-electron chi connectivity index (χ4n) is 2.42. The van der Waals surface area contributed by atoms with Crippen LogP contribution in [-0.2, 0) is 25.7 Å². The number of carbonyl (C=O) groups excluding carboxylic acids is 3. The standard InChI is InChI=1S/C17H22N2O6/c1-10(25-17(22)12-5-7-15(20)19-12)16(21)18-9-11-4-6-13(23-2)14(8-11)24-3/h4,6,8,10,12H,5,7,9H2,1-3H3,(H,18,21)(H,19,20)/t10-,12-/m0/s1. The third-order valence-electron chi connectivity index (χ3n) is 3.86. The second-order valence-corrected chi connectivity index (χ2v) is 5.65. The Labute approximate surface area is 145 Å². The summed E-state index contributed by atoms with van der Waals surface area (Å²) in [5, 5.41) is 5.20. The van der Waals surface area contributed by atoms with Gasteiger partial charge in [-0.2, -0.15) is 0 Å². The normalized spacial score (nSPS) is 17.4. The summed E-state index contributed by atoms with van der Waals surface area (Å²) in [5.41, 5.74) is 0.813. The molecule has 136 valence electrons. The van der Waals surface area contributed by atoms with Gasteiger partial charge >= 0.3 is 5.97 Å². The van der Waals surface area contributed by atoms with E-state index in [2.05, 4.69) is 10.6 Å². The first-order chi connectivity index (χ1) is 11.9. The molecule has 0 unspecified atom stereocenters. The fraction of sp³-hybridized carbons (Fsp3) is 0.471. The third-order valence-corrected chi connectivity index (χ3v) is 3.86. The van der Waals surface area contributed by atoms with Crippen molar-refractivity contribution in [1.82, 2.24) is 10.6 Å². The van der Waals surface area contributed by atoms with Gasteiger partial charge in [0.15, 0.2) is 17.6 Å². The number of benzene rings is 1. The van der Waals surface area contributed by atoms with Crippen LogP contribution in [0.4, 0.5) is 0 Å². The summed E-state index contributed by atoms with van der Waals surface area (Å²) in [6.07, 6.45) is -0.276. The van der Waals surface area contributed by atoms with E-state index in [0.717, 1.165) is 5.56 Å². The number of carbonyl (C=O) groups is 3. The average Bonchev–Trinajstić information content (AvgIpc) is 3.05. The number of nitrogens with one attached hydrogen (secondary N) is 2. The van der Waals surface area contributed by atoms with Gasteiger partial charge in [0.2, 0.25) is 5.91 Å². The number of methoxy groups -OCH3 is 2. The number of ether oxygens (including phenoxy) is 3. The zero-order valence-corrected chi connectivity index (χ0v) is 14.5. The van der Waals surface area contributed by atoms with E-state index in [9.17, 15) is 14.4 Å². The van der Waals surface area contributed by atoms with E-state index in [1.807, 2.05) is 0 Å². The molecule has 1 aromatic rings. The number of amides is 2. The van der Waals surface area contributed by atoms with Crippen molar-refractivity contribution in [1.29, 1.82) is 0 Å². The molecule has 0 spiro atoms. The van der Waals surface area contributed by atoms with Crippen molar-refractivity contribution in [3.05, 3.63) is 23.8 Å². The van der Waals surface area contributed by atoms with Crippen LogP contribution in [0.3, 0.4) is 0 Å². The number of rotatable bonds is 7. The largest absolute Gasteiger partial charge is 0.493 e. The molecule has 0 saturated carbocycles. The van der Waals surface area contributed by atoms with Crippen molar-refractivity contribution in [3.63, 3.8) is 0 Å². The monoisotopic (exact) mass is 350 g/mol. The summed E-state index contributed by atoms with van der Waals surface area (Å²) >= 11 is 0. The van der Waals surface area contributed by atoms with E-state index in [1.54, 1.807) is 25.3 Å². The molecule has 2 N–H and O–H groups in total. The number of esters is 1. The minimum Gasteiger partial charge on any atom is -0.493 e. The molecule has 0 aliphatic carbocycles. The highest BCUT2D eigenvalue weighted by Crippen LogP contribution is 2.27. The van der Waals surface area contributed by atoms with Gasteiger partial charge in [0.25, 0.3) is 5.91 Å². The molecule has 1 aliphatic heterocycles.